The lowest BCUT2D eigenvalue weighted by Crippen LogP contribution is -2.02. The fourth-order valence-corrected chi connectivity index (χ4v) is 4.28. The van der Waals surface area contributed by atoms with Gasteiger partial charge >= 0.3 is 0 Å². The van der Waals surface area contributed by atoms with E-state index in [2.05, 4.69) is 5.32 Å². The predicted octanol–water partition coefficient (Wildman–Crippen LogP) is 2.30. The normalized spacial score (nSPS) is 11.6. The summed E-state index contributed by atoms with van der Waals surface area (Å²) in [6.45, 7) is 0.689. The molecule has 3 nitrogen and oxygen atoms in total. The lowest BCUT2D eigenvalue weighted by Gasteiger charge is -2.00. The van der Waals surface area contributed by atoms with Crippen LogP contribution in [0.5, 0.6) is 0 Å². The van der Waals surface area contributed by atoms with Gasteiger partial charge in [-0.15, -0.1) is 11.3 Å². The molecule has 1 N–H and O–H groups in total. The Labute approximate surface area is 105 Å². The number of hydrogen-bond donors (Lipinski definition) is 1. The van der Waals surface area contributed by atoms with Crippen molar-refractivity contribution in [3.8, 4) is 0 Å². The first-order chi connectivity index (χ1) is 8.14. The van der Waals surface area contributed by atoms with Gasteiger partial charge in [0.1, 0.15) is 4.21 Å². The molecule has 1 aromatic carbocycles. The second kappa shape index (κ2) is 5.00. The highest BCUT2D eigenvalue weighted by Crippen LogP contribution is 2.27. The zero-order valence-electron chi connectivity index (χ0n) is 9.38. The van der Waals surface area contributed by atoms with Crippen molar-refractivity contribution in [1.29, 1.82) is 0 Å². The fourth-order valence-electron chi connectivity index (χ4n) is 1.49. The first-order valence-electron chi connectivity index (χ1n) is 5.18. The Hall–Kier alpha value is -1.17. The van der Waals surface area contributed by atoms with Crippen LogP contribution in [0.4, 0.5) is 0 Å². The van der Waals surface area contributed by atoms with Gasteiger partial charge in [0, 0.05) is 11.4 Å². The second-order valence-corrected chi connectivity index (χ2v) is 6.91. The van der Waals surface area contributed by atoms with Gasteiger partial charge in [0.2, 0.25) is 9.84 Å². The quantitative estimate of drug-likeness (QED) is 0.924. The molecule has 0 saturated carbocycles. The maximum absolute atomic E-state index is 12.2. The molecule has 0 aliphatic rings. The average molecular weight is 267 g/mol. The first kappa shape index (κ1) is 12.3. The van der Waals surface area contributed by atoms with E-state index < -0.39 is 9.84 Å². The van der Waals surface area contributed by atoms with Crippen LogP contribution in [-0.4, -0.2) is 15.5 Å². The molecule has 0 atom stereocenters. The monoisotopic (exact) mass is 267 g/mol. The zero-order chi connectivity index (χ0) is 12.3. The Balaban J connectivity index is 2.38. The Morgan fingerprint density at radius 1 is 1.12 bits per heavy atom. The van der Waals surface area contributed by atoms with E-state index in [0.717, 1.165) is 4.88 Å². The van der Waals surface area contributed by atoms with Crippen LogP contribution >= 0.6 is 11.3 Å². The highest BCUT2D eigenvalue weighted by Gasteiger charge is 2.19. The highest BCUT2D eigenvalue weighted by molar-refractivity contribution is 7.93. The lowest BCUT2D eigenvalue weighted by molar-refractivity contribution is 0.598. The van der Waals surface area contributed by atoms with E-state index in [-0.39, 0.29) is 0 Å². The van der Waals surface area contributed by atoms with Gasteiger partial charge in [-0.05, 0) is 31.3 Å². The van der Waals surface area contributed by atoms with Crippen LogP contribution in [0, 0.1) is 0 Å². The molecular formula is C12H13NO2S2. The minimum Gasteiger partial charge on any atom is -0.315 e. The van der Waals surface area contributed by atoms with E-state index in [1.807, 2.05) is 13.1 Å². The molecule has 0 spiro atoms. The molecule has 0 bridgehead atoms. The molecule has 5 heteroatoms. The molecule has 17 heavy (non-hydrogen) atoms. The van der Waals surface area contributed by atoms with Crippen molar-refractivity contribution in [1.82, 2.24) is 5.32 Å². The molecular weight excluding hydrogens is 254 g/mol. The van der Waals surface area contributed by atoms with Crippen LogP contribution in [-0.2, 0) is 16.4 Å². The number of benzene rings is 1. The average Bonchev–Trinajstić information content (AvgIpc) is 2.80. The van der Waals surface area contributed by atoms with Crippen LogP contribution in [0.3, 0.4) is 0 Å². The molecule has 0 amide bonds. The van der Waals surface area contributed by atoms with Gasteiger partial charge in [-0.25, -0.2) is 8.42 Å². The second-order valence-electron chi connectivity index (χ2n) is 3.57. The van der Waals surface area contributed by atoms with E-state index in [1.165, 1.54) is 11.3 Å². The molecule has 1 heterocycles. The van der Waals surface area contributed by atoms with Gasteiger partial charge in [0.25, 0.3) is 0 Å². The molecule has 2 rings (SSSR count). The van der Waals surface area contributed by atoms with Crippen molar-refractivity contribution >= 4 is 21.2 Å². The molecule has 0 aliphatic heterocycles. The molecule has 0 aliphatic carbocycles. The van der Waals surface area contributed by atoms with Crippen molar-refractivity contribution in [2.24, 2.45) is 0 Å². The Morgan fingerprint density at radius 2 is 1.82 bits per heavy atom. The van der Waals surface area contributed by atoms with Crippen molar-refractivity contribution < 1.29 is 8.42 Å². The summed E-state index contributed by atoms with van der Waals surface area (Å²) >= 11 is 1.31. The first-order valence-corrected chi connectivity index (χ1v) is 7.48. The standard InChI is InChI=1S/C12H13NO2S2/c1-13-9-10-7-8-12(16-10)17(14,15)11-5-3-2-4-6-11/h2-8,13H,9H2,1H3. The molecule has 1 aromatic heterocycles. The van der Waals surface area contributed by atoms with Crippen LogP contribution in [0.2, 0.25) is 0 Å². The third-order valence-corrected chi connectivity index (χ3v) is 5.65. The maximum Gasteiger partial charge on any atom is 0.215 e. The van der Waals surface area contributed by atoms with Gasteiger partial charge in [-0.3, -0.25) is 0 Å². The Morgan fingerprint density at radius 3 is 2.47 bits per heavy atom. The van der Waals surface area contributed by atoms with Crippen LogP contribution < -0.4 is 5.32 Å². The number of sulfone groups is 1. The van der Waals surface area contributed by atoms with E-state index in [9.17, 15) is 8.42 Å². The topological polar surface area (TPSA) is 46.2 Å². The summed E-state index contributed by atoms with van der Waals surface area (Å²) in [5.41, 5.74) is 0. The molecule has 90 valence electrons. The van der Waals surface area contributed by atoms with Gasteiger partial charge in [-0.2, -0.15) is 0 Å². The Kier molecular flexibility index (Phi) is 3.61. The highest BCUT2D eigenvalue weighted by atomic mass is 32.2. The minimum absolute atomic E-state index is 0.345. The van der Waals surface area contributed by atoms with Gasteiger partial charge in [0.05, 0.1) is 4.90 Å². The van der Waals surface area contributed by atoms with Crippen LogP contribution in [0.1, 0.15) is 4.88 Å². The summed E-state index contributed by atoms with van der Waals surface area (Å²) < 4.78 is 24.9. The number of rotatable bonds is 4. The predicted molar refractivity (Wildman–Crippen MR) is 69.0 cm³/mol. The van der Waals surface area contributed by atoms with Crippen molar-refractivity contribution in [3.05, 3.63) is 47.3 Å². The SMILES string of the molecule is CNCc1ccc(S(=O)(=O)c2ccccc2)s1. The zero-order valence-corrected chi connectivity index (χ0v) is 11.0. The summed E-state index contributed by atoms with van der Waals surface area (Å²) in [6, 6.07) is 12.0. The van der Waals surface area contributed by atoms with E-state index in [1.54, 1.807) is 36.4 Å². The molecule has 0 unspecified atom stereocenters. The summed E-state index contributed by atoms with van der Waals surface area (Å²) in [6.07, 6.45) is 0. The maximum atomic E-state index is 12.2. The molecule has 0 radical (unpaired) electrons. The fraction of sp³-hybridized carbons (Fsp3) is 0.167. The summed E-state index contributed by atoms with van der Waals surface area (Å²) in [5, 5.41) is 3.00. The largest absolute Gasteiger partial charge is 0.315 e. The van der Waals surface area contributed by atoms with Crippen molar-refractivity contribution in [3.63, 3.8) is 0 Å². The third-order valence-electron chi connectivity index (χ3n) is 2.31. The third kappa shape index (κ3) is 2.57. The van der Waals surface area contributed by atoms with E-state index in [0.29, 0.717) is 15.6 Å². The summed E-state index contributed by atoms with van der Waals surface area (Å²) in [4.78, 5) is 1.36. The molecule has 2 aromatic rings. The van der Waals surface area contributed by atoms with Gasteiger partial charge < -0.3 is 5.32 Å². The number of nitrogens with one attached hydrogen (secondary N) is 1. The number of hydrogen-bond acceptors (Lipinski definition) is 4. The number of thiophene rings is 1. The summed E-state index contributed by atoms with van der Waals surface area (Å²) in [7, 11) is -1.51. The molecule has 0 saturated heterocycles. The van der Waals surface area contributed by atoms with Crippen LogP contribution in [0.15, 0.2) is 51.6 Å². The smallest absolute Gasteiger partial charge is 0.215 e. The van der Waals surface area contributed by atoms with Crippen molar-refractivity contribution in [2.45, 2.75) is 15.6 Å². The van der Waals surface area contributed by atoms with Gasteiger partial charge in [0.15, 0.2) is 0 Å². The van der Waals surface area contributed by atoms with Gasteiger partial charge in [-0.1, -0.05) is 18.2 Å². The Bertz CT molecular complexity index is 588. The van der Waals surface area contributed by atoms with E-state index in [4.69, 9.17) is 0 Å². The molecule has 0 fully saturated rings. The van der Waals surface area contributed by atoms with Crippen LogP contribution in [0.25, 0.3) is 0 Å². The lowest BCUT2D eigenvalue weighted by atomic mass is 10.4. The van der Waals surface area contributed by atoms with Crippen molar-refractivity contribution in [2.75, 3.05) is 7.05 Å². The summed E-state index contributed by atoms with van der Waals surface area (Å²) in [5.74, 6) is 0. The van der Waals surface area contributed by atoms with E-state index >= 15 is 0 Å². The minimum atomic E-state index is -3.35.